The van der Waals surface area contributed by atoms with Crippen LogP contribution in [-0.4, -0.2) is 53.0 Å². The number of ether oxygens (including phenoxy) is 1. The molecule has 5 N–H and O–H groups in total. The molecule has 0 saturated heterocycles. The molecule has 0 aliphatic rings. The molecule has 0 rings (SSSR count). The van der Waals surface area contributed by atoms with E-state index in [0.717, 1.165) is 0 Å². The minimum Gasteiger partial charge on any atom is -0.444 e. The lowest BCUT2D eigenvalue weighted by Gasteiger charge is -2.22. The summed E-state index contributed by atoms with van der Waals surface area (Å²) in [5, 5.41) is 21.5. The van der Waals surface area contributed by atoms with Gasteiger partial charge in [-0.15, -0.1) is 0 Å². The molecule has 9 nitrogen and oxygen atoms in total. The lowest BCUT2D eigenvalue weighted by atomic mass is 10.2. The molecular weight excluding hydrogens is 258 g/mol. The number of aliphatic hydroxyl groups excluding tert-OH is 1. The molecule has 0 aliphatic heterocycles. The maximum Gasteiger partial charge on any atom is 0.408 e. The van der Waals surface area contributed by atoms with Crippen LogP contribution >= 0.6 is 0 Å². The Morgan fingerprint density at radius 2 is 1.84 bits per heavy atom. The summed E-state index contributed by atoms with van der Waals surface area (Å²) in [5.74, 6) is -1.61. The van der Waals surface area contributed by atoms with Gasteiger partial charge in [0.25, 0.3) is 5.91 Å². The lowest BCUT2D eigenvalue weighted by molar-refractivity contribution is -0.132. The second-order valence-corrected chi connectivity index (χ2v) is 4.63. The number of hydroxylamine groups is 1. The van der Waals surface area contributed by atoms with Gasteiger partial charge < -0.3 is 20.5 Å². The van der Waals surface area contributed by atoms with Crippen molar-refractivity contribution in [3.05, 3.63) is 0 Å². The molecule has 0 aromatic rings. The first-order valence-corrected chi connectivity index (χ1v) is 5.50. The molecule has 0 bridgehead atoms. The second-order valence-electron chi connectivity index (χ2n) is 4.63. The summed E-state index contributed by atoms with van der Waals surface area (Å²) in [6, 6.07) is -1.25. The quantitative estimate of drug-likeness (QED) is 0.306. The summed E-state index contributed by atoms with van der Waals surface area (Å²) in [6.07, 6.45) is -0.867. The predicted octanol–water partition coefficient (Wildman–Crippen LogP) is -1.51. The van der Waals surface area contributed by atoms with Crippen LogP contribution in [0.2, 0.25) is 0 Å². The van der Waals surface area contributed by atoms with Crippen LogP contribution in [0.4, 0.5) is 4.79 Å². The predicted molar refractivity (Wildman–Crippen MR) is 63.2 cm³/mol. The SMILES string of the molecule is CC(C)(C)OC(=O)N[C@@H](CO)C(=O)NCC(=O)NO. The standard InChI is InChI=1S/C10H19N3O6/c1-10(2,3)19-9(17)12-6(5-14)8(16)11-4-7(15)13-18/h6,14,18H,4-5H2,1-3H3,(H,11,16)(H,12,17)(H,13,15)/t6-/m0/s1. The number of amides is 3. The normalized spacial score (nSPS) is 12.3. The smallest absolute Gasteiger partial charge is 0.408 e. The Hall–Kier alpha value is -1.87. The van der Waals surface area contributed by atoms with E-state index < -0.39 is 42.7 Å². The van der Waals surface area contributed by atoms with E-state index in [1.54, 1.807) is 20.8 Å². The van der Waals surface area contributed by atoms with E-state index in [-0.39, 0.29) is 0 Å². The van der Waals surface area contributed by atoms with Gasteiger partial charge in [-0.05, 0) is 20.8 Å². The fourth-order valence-electron chi connectivity index (χ4n) is 0.974. The van der Waals surface area contributed by atoms with Crippen molar-refractivity contribution in [1.82, 2.24) is 16.1 Å². The van der Waals surface area contributed by atoms with E-state index in [1.165, 1.54) is 5.48 Å². The Balaban J connectivity index is 4.30. The van der Waals surface area contributed by atoms with Crippen molar-refractivity contribution in [3.63, 3.8) is 0 Å². The molecule has 110 valence electrons. The van der Waals surface area contributed by atoms with Crippen LogP contribution in [0, 0.1) is 0 Å². The second kappa shape index (κ2) is 7.54. The fraction of sp³-hybridized carbons (Fsp3) is 0.700. The van der Waals surface area contributed by atoms with Crippen LogP contribution in [0.15, 0.2) is 0 Å². The zero-order valence-electron chi connectivity index (χ0n) is 11.0. The molecule has 0 saturated carbocycles. The molecule has 0 aromatic carbocycles. The Morgan fingerprint density at radius 1 is 1.26 bits per heavy atom. The van der Waals surface area contributed by atoms with Gasteiger partial charge in [-0.2, -0.15) is 0 Å². The van der Waals surface area contributed by atoms with E-state index in [1.807, 2.05) is 0 Å². The van der Waals surface area contributed by atoms with Crippen LogP contribution in [0.5, 0.6) is 0 Å². The maximum absolute atomic E-state index is 11.5. The Morgan fingerprint density at radius 3 is 2.26 bits per heavy atom. The van der Waals surface area contributed by atoms with Crippen molar-refractivity contribution in [2.75, 3.05) is 13.2 Å². The van der Waals surface area contributed by atoms with Gasteiger partial charge >= 0.3 is 6.09 Å². The summed E-state index contributed by atoms with van der Waals surface area (Å²) in [4.78, 5) is 33.6. The van der Waals surface area contributed by atoms with Crippen molar-refractivity contribution in [2.45, 2.75) is 32.4 Å². The third-order valence-electron chi connectivity index (χ3n) is 1.74. The summed E-state index contributed by atoms with van der Waals surface area (Å²) < 4.78 is 4.91. The van der Waals surface area contributed by atoms with Crippen LogP contribution < -0.4 is 16.1 Å². The number of hydrogen-bond acceptors (Lipinski definition) is 6. The van der Waals surface area contributed by atoms with Crippen molar-refractivity contribution in [3.8, 4) is 0 Å². The molecule has 0 spiro atoms. The Kier molecular flexibility index (Phi) is 6.80. The minimum atomic E-state index is -1.25. The van der Waals surface area contributed by atoms with Crippen molar-refractivity contribution < 1.29 is 29.4 Å². The molecule has 3 amide bonds. The first kappa shape index (κ1) is 17.1. The van der Waals surface area contributed by atoms with E-state index in [2.05, 4.69) is 10.6 Å². The average molecular weight is 277 g/mol. The molecule has 9 heteroatoms. The van der Waals surface area contributed by atoms with Crippen LogP contribution in [0.1, 0.15) is 20.8 Å². The number of nitrogens with one attached hydrogen (secondary N) is 3. The number of rotatable bonds is 5. The van der Waals surface area contributed by atoms with E-state index >= 15 is 0 Å². The van der Waals surface area contributed by atoms with Gasteiger partial charge in [0, 0.05) is 0 Å². The van der Waals surface area contributed by atoms with Gasteiger partial charge in [0.1, 0.15) is 11.6 Å². The number of aliphatic hydroxyl groups is 1. The average Bonchev–Trinajstić information content (AvgIpc) is 2.30. The van der Waals surface area contributed by atoms with Gasteiger partial charge in [-0.25, -0.2) is 10.3 Å². The van der Waals surface area contributed by atoms with Crippen LogP contribution in [0.25, 0.3) is 0 Å². The fourth-order valence-corrected chi connectivity index (χ4v) is 0.974. The highest BCUT2D eigenvalue weighted by Gasteiger charge is 2.23. The third kappa shape index (κ3) is 7.95. The zero-order chi connectivity index (χ0) is 15.1. The largest absolute Gasteiger partial charge is 0.444 e. The molecule has 0 fully saturated rings. The number of carbonyl (C=O) groups excluding carboxylic acids is 3. The summed E-state index contributed by atoms with van der Waals surface area (Å²) in [5.41, 5.74) is 0.582. The highest BCUT2D eigenvalue weighted by Crippen LogP contribution is 2.06. The zero-order valence-corrected chi connectivity index (χ0v) is 11.0. The van der Waals surface area contributed by atoms with Gasteiger partial charge in [-0.1, -0.05) is 0 Å². The number of hydrogen-bond donors (Lipinski definition) is 5. The molecular formula is C10H19N3O6. The molecule has 0 aliphatic carbocycles. The monoisotopic (exact) mass is 277 g/mol. The highest BCUT2D eigenvalue weighted by molar-refractivity contribution is 5.89. The van der Waals surface area contributed by atoms with Crippen molar-refractivity contribution >= 4 is 17.9 Å². The summed E-state index contributed by atoms with van der Waals surface area (Å²) in [7, 11) is 0. The molecule has 0 heterocycles. The third-order valence-corrected chi connectivity index (χ3v) is 1.74. The van der Waals surface area contributed by atoms with E-state index in [0.29, 0.717) is 0 Å². The minimum absolute atomic E-state index is 0.484. The van der Waals surface area contributed by atoms with Crippen LogP contribution in [0.3, 0.4) is 0 Å². The van der Waals surface area contributed by atoms with E-state index in [9.17, 15) is 14.4 Å². The van der Waals surface area contributed by atoms with Gasteiger partial charge in [-0.3, -0.25) is 14.8 Å². The Labute approximate surface area is 110 Å². The van der Waals surface area contributed by atoms with Crippen molar-refractivity contribution in [1.29, 1.82) is 0 Å². The molecule has 0 aromatic heterocycles. The first-order chi connectivity index (χ1) is 8.69. The highest BCUT2D eigenvalue weighted by atomic mass is 16.6. The van der Waals surface area contributed by atoms with E-state index in [4.69, 9.17) is 15.1 Å². The van der Waals surface area contributed by atoms with Gasteiger partial charge in [0.05, 0.1) is 13.2 Å². The van der Waals surface area contributed by atoms with Crippen molar-refractivity contribution in [2.24, 2.45) is 0 Å². The Bertz CT molecular complexity index is 339. The number of carbonyl (C=O) groups is 3. The number of alkyl carbamates (subject to hydrolysis) is 1. The summed E-state index contributed by atoms with van der Waals surface area (Å²) in [6.45, 7) is 3.79. The lowest BCUT2D eigenvalue weighted by Crippen LogP contribution is -2.51. The topological polar surface area (TPSA) is 137 Å². The molecule has 0 unspecified atom stereocenters. The molecule has 1 atom stereocenters. The molecule has 0 radical (unpaired) electrons. The first-order valence-electron chi connectivity index (χ1n) is 5.50. The molecule has 19 heavy (non-hydrogen) atoms. The maximum atomic E-state index is 11.5. The van der Waals surface area contributed by atoms with Gasteiger partial charge in [0.15, 0.2) is 0 Å². The van der Waals surface area contributed by atoms with Crippen LogP contribution in [-0.2, 0) is 14.3 Å². The van der Waals surface area contributed by atoms with Gasteiger partial charge in [0.2, 0.25) is 5.91 Å². The summed E-state index contributed by atoms with van der Waals surface area (Å²) >= 11 is 0.